The number of carbonyl (C=O) groups is 1. The number of halogens is 1. The second-order valence-electron chi connectivity index (χ2n) is 9.27. The first-order chi connectivity index (χ1) is 17.6. The lowest BCUT2D eigenvalue weighted by atomic mass is 10.0. The number of nitrogens with zero attached hydrogens (tertiary/aromatic N) is 2. The number of benzene rings is 2. The van der Waals surface area contributed by atoms with E-state index in [1.807, 2.05) is 13.8 Å². The zero-order valence-corrected chi connectivity index (χ0v) is 22.4. The third-order valence-corrected chi connectivity index (χ3v) is 8.19. The van der Waals surface area contributed by atoms with Crippen molar-refractivity contribution < 1.29 is 27.4 Å². The summed E-state index contributed by atoms with van der Waals surface area (Å²) in [6, 6.07) is 9.52. The van der Waals surface area contributed by atoms with Crippen molar-refractivity contribution >= 4 is 16.1 Å². The van der Waals surface area contributed by atoms with E-state index in [1.54, 1.807) is 38.2 Å². The van der Waals surface area contributed by atoms with Crippen molar-refractivity contribution in [1.82, 2.24) is 14.5 Å². The van der Waals surface area contributed by atoms with Crippen LogP contribution in [-0.2, 0) is 10.0 Å². The maximum Gasteiger partial charge on any atom is 0.317 e. The molecule has 0 saturated heterocycles. The Morgan fingerprint density at radius 2 is 1.97 bits per heavy atom. The van der Waals surface area contributed by atoms with Crippen LogP contribution in [0.3, 0.4) is 0 Å². The van der Waals surface area contributed by atoms with Gasteiger partial charge < -0.3 is 20.1 Å². The van der Waals surface area contributed by atoms with Gasteiger partial charge in [0.05, 0.1) is 13.2 Å². The number of fused-ring (bicyclic) bond motifs is 1. The molecule has 2 aromatic rings. The van der Waals surface area contributed by atoms with Gasteiger partial charge in [0, 0.05) is 43.2 Å². The number of likely N-dealkylation sites (N-methyl/N-ethyl adjacent to an activating group) is 1. The number of aliphatic hydroxyl groups excluding tert-OH is 1. The predicted octanol–water partition coefficient (Wildman–Crippen LogP) is 3.05. The van der Waals surface area contributed by atoms with E-state index in [0.29, 0.717) is 17.7 Å². The fourth-order valence-corrected chi connectivity index (χ4v) is 5.78. The van der Waals surface area contributed by atoms with Gasteiger partial charge in [-0.05, 0) is 49.7 Å². The van der Waals surface area contributed by atoms with E-state index in [1.165, 1.54) is 27.4 Å². The number of carbonyl (C=O) groups excluding carboxylic acids is 1. The van der Waals surface area contributed by atoms with Crippen LogP contribution in [0.15, 0.2) is 47.4 Å². The van der Waals surface area contributed by atoms with Crippen LogP contribution < -0.4 is 10.1 Å². The van der Waals surface area contributed by atoms with E-state index >= 15 is 0 Å². The van der Waals surface area contributed by atoms with Crippen LogP contribution in [0.5, 0.6) is 5.75 Å². The topological polar surface area (TPSA) is 99.2 Å². The number of hydrogen-bond acceptors (Lipinski definition) is 5. The van der Waals surface area contributed by atoms with Crippen molar-refractivity contribution in [3.05, 3.63) is 59.4 Å². The summed E-state index contributed by atoms with van der Waals surface area (Å²) in [6.45, 7) is 5.99. The van der Waals surface area contributed by atoms with Crippen molar-refractivity contribution in [3.8, 4) is 17.6 Å². The highest BCUT2D eigenvalue weighted by Gasteiger charge is 2.38. The Morgan fingerprint density at radius 1 is 1.27 bits per heavy atom. The molecule has 1 aliphatic heterocycles. The molecule has 0 aromatic heterocycles. The van der Waals surface area contributed by atoms with Crippen molar-refractivity contribution in [3.63, 3.8) is 0 Å². The van der Waals surface area contributed by atoms with Crippen molar-refractivity contribution in [2.45, 2.75) is 44.2 Å². The zero-order valence-electron chi connectivity index (χ0n) is 21.6. The molecule has 2 amide bonds. The second kappa shape index (κ2) is 12.4. The minimum absolute atomic E-state index is 0.0425. The second-order valence-corrected chi connectivity index (χ2v) is 11.1. The third-order valence-electron chi connectivity index (χ3n) is 6.17. The van der Waals surface area contributed by atoms with Gasteiger partial charge in [0.15, 0.2) is 0 Å². The number of aliphatic hydroxyl groups is 1. The Morgan fingerprint density at radius 3 is 2.62 bits per heavy atom. The van der Waals surface area contributed by atoms with E-state index in [0.717, 1.165) is 6.42 Å². The first-order valence-corrected chi connectivity index (χ1v) is 13.7. The molecule has 0 fully saturated rings. The molecule has 0 saturated carbocycles. The summed E-state index contributed by atoms with van der Waals surface area (Å²) in [5, 5.41) is 12.6. The molecule has 8 nitrogen and oxygen atoms in total. The number of sulfonamides is 1. The lowest BCUT2D eigenvalue weighted by Crippen LogP contribution is -2.51. The van der Waals surface area contributed by atoms with Crippen LogP contribution in [-0.4, -0.2) is 74.2 Å². The third kappa shape index (κ3) is 7.01. The minimum atomic E-state index is -4.00. The monoisotopic (exact) mass is 531 g/mol. The van der Waals surface area contributed by atoms with Gasteiger partial charge in [-0.1, -0.05) is 31.8 Å². The maximum atomic E-state index is 13.6. The lowest BCUT2D eigenvalue weighted by molar-refractivity contribution is 0.0812. The molecule has 2 aromatic carbocycles. The average molecular weight is 532 g/mol. The molecule has 0 radical (unpaired) electrons. The van der Waals surface area contributed by atoms with E-state index in [9.17, 15) is 22.7 Å². The van der Waals surface area contributed by atoms with Crippen LogP contribution in [0.1, 0.15) is 38.3 Å². The summed E-state index contributed by atoms with van der Waals surface area (Å²) in [7, 11) is -2.34. The summed E-state index contributed by atoms with van der Waals surface area (Å²) in [6.07, 6.45) is 0.264. The van der Waals surface area contributed by atoms with Crippen molar-refractivity contribution in [1.29, 1.82) is 0 Å². The molecule has 10 heteroatoms. The fraction of sp³-hybridized carbons (Fsp3) is 0.444. The molecular formula is C27H34FN3O5S. The molecule has 0 bridgehead atoms. The molecule has 3 atom stereocenters. The first kappa shape index (κ1) is 28.4. The first-order valence-electron chi connectivity index (χ1n) is 12.3. The van der Waals surface area contributed by atoms with Crippen LogP contribution in [0, 0.1) is 23.6 Å². The molecule has 2 N–H and O–H groups in total. The van der Waals surface area contributed by atoms with Crippen LogP contribution in [0.25, 0.3) is 0 Å². The molecule has 0 aliphatic carbocycles. The lowest BCUT2D eigenvalue weighted by Gasteiger charge is -2.37. The molecular weight excluding hydrogens is 497 g/mol. The number of rotatable bonds is 6. The Kier molecular flexibility index (Phi) is 9.54. The van der Waals surface area contributed by atoms with E-state index < -0.39 is 28.0 Å². The van der Waals surface area contributed by atoms with Crippen LogP contribution in [0.2, 0.25) is 0 Å². The standard InChI is InChI=1S/C27H34FN3O5S/c1-5-13-29-27(33)30(4)17-25-19(2)16-31(20(3)18-32)37(34,35)26-12-11-22(15-24(26)36-25)10-9-21-7-6-8-23(28)14-21/h6-8,11-12,14-15,19-20,25,32H,5,13,16-18H2,1-4H3,(H,29,33)/t19-,20-,25-/m1/s1. The van der Waals surface area contributed by atoms with Gasteiger partial charge >= 0.3 is 6.03 Å². The van der Waals surface area contributed by atoms with Gasteiger partial charge in [-0.25, -0.2) is 17.6 Å². The Bertz CT molecular complexity index is 1270. The highest BCUT2D eigenvalue weighted by Crippen LogP contribution is 2.34. The summed E-state index contributed by atoms with van der Waals surface area (Å²) < 4.78 is 48.2. The predicted molar refractivity (Wildman–Crippen MR) is 139 cm³/mol. The molecule has 0 spiro atoms. The Labute approximate surface area is 218 Å². The highest BCUT2D eigenvalue weighted by molar-refractivity contribution is 7.89. The number of nitrogens with one attached hydrogen (secondary N) is 1. The zero-order chi connectivity index (χ0) is 27.2. The molecule has 0 unspecified atom stereocenters. The number of hydrogen-bond donors (Lipinski definition) is 2. The largest absolute Gasteiger partial charge is 0.487 e. The highest BCUT2D eigenvalue weighted by atomic mass is 32.2. The number of amides is 2. The normalized spacial score (nSPS) is 19.7. The molecule has 200 valence electrons. The Balaban J connectivity index is 2.02. The number of ether oxygens (including phenoxy) is 1. The van der Waals surface area contributed by atoms with Gasteiger partial charge in [0.25, 0.3) is 0 Å². The molecule has 1 aliphatic rings. The molecule has 37 heavy (non-hydrogen) atoms. The fourth-order valence-electron chi connectivity index (χ4n) is 3.95. The van der Waals surface area contributed by atoms with Crippen LogP contribution >= 0.6 is 0 Å². The summed E-state index contributed by atoms with van der Waals surface area (Å²) in [4.78, 5) is 13.9. The van der Waals surface area contributed by atoms with Gasteiger partial charge in [-0.15, -0.1) is 0 Å². The van der Waals surface area contributed by atoms with Gasteiger partial charge in [0.2, 0.25) is 10.0 Å². The van der Waals surface area contributed by atoms with Crippen molar-refractivity contribution in [2.24, 2.45) is 5.92 Å². The summed E-state index contributed by atoms with van der Waals surface area (Å²) in [5.74, 6) is 5.22. The van der Waals surface area contributed by atoms with E-state index in [4.69, 9.17) is 4.74 Å². The number of urea groups is 1. The van der Waals surface area contributed by atoms with Gasteiger partial charge in [0.1, 0.15) is 22.6 Å². The molecule has 3 rings (SSSR count). The SMILES string of the molecule is CCCNC(=O)N(C)C[C@H]1Oc2cc(C#Cc3cccc(F)c3)ccc2S(=O)(=O)N([C@H](C)CO)C[C@H]1C. The minimum Gasteiger partial charge on any atom is -0.487 e. The van der Waals surface area contributed by atoms with E-state index in [2.05, 4.69) is 17.2 Å². The molecule has 1 heterocycles. The Hall–Kier alpha value is -3.13. The smallest absolute Gasteiger partial charge is 0.317 e. The van der Waals surface area contributed by atoms with Gasteiger partial charge in [-0.2, -0.15) is 4.31 Å². The summed E-state index contributed by atoms with van der Waals surface area (Å²) in [5.41, 5.74) is 0.968. The van der Waals surface area contributed by atoms with Gasteiger partial charge in [-0.3, -0.25) is 0 Å². The maximum absolute atomic E-state index is 13.6. The van der Waals surface area contributed by atoms with Crippen LogP contribution in [0.4, 0.5) is 9.18 Å². The summed E-state index contributed by atoms with van der Waals surface area (Å²) >= 11 is 0. The van der Waals surface area contributed by atoms with E-state index in [-0.39, 0.29) is 42.3 Å². The quantitative estimate of drug-likeness (QED) is 0.559. The average Bonchev–Trinajstić information content (AvgIpc) is 2.87. The van der Waals surface area contributed by atoms with Crippen molar-refractivity contribution in [2.75, 3.05) is 33.3 Å².